The summed E-state index contributed by atoms with van der Waals surface area (Å²) in [6.07, 6.45) is 1.48. The molecule has 0 bridgehead atoms. The lowest BCUT2D eigenvalue weighted by molar-refractivity contribution is -0.120. The molecule has 2 aromatic rings. The molecular formula is C16H13Cl2FN2OS. The molecular weight excluding hydrogens is 358 g/mol. The largest absolute Gasteiger partial charge is 0.273 e. The van der Waals surface area contributed by atoms with Gasteiger partial charge >= 0.3 is 0 Å². The number of amides is 1. The minimum absolute atomic E-state index is 0.144. The number of nitrogens with zero attached hydrogens (tertiary/aromatic N) is 1. The number of benzene rings is 2. The van der Waals surface area contributed by atoms with Gasteiger partial charge in [-0.05, 0) is 36.4 Å². The highest BCUT2D eigenvalue weighted by atomic mass is 35.5. The van der Waals surface area contributed by atoms with E-state index in [9.17, 15) is 9.18 Å². The normalized spacial score (nSPS) is 10.9. The van der Waals surface area contributed by atoms with Crippen molar-refractivity contribution >= 4 is 47.1 Å². The fourth-order valence-corrected chi connectivity index (χ4v) is 2.84. The molecule has 0 aliphatic carbocycles. The lowest BCUT2D eigenvalue weighted by Crippen LogP contribution is -2.18. The third-order valence-electron chi connectivity index (χ3n) is 2.79. The second kappa shape index (κ2) is 8.91. The predicted octanol–water partition coefficient (Wildman–Crippen LogP) is 4.77. The second-order valence-electron chi connectivity index (χ2n) is 4.48. The predicted molar refractivity (Wildman–Crippen MR) is 93.9 cm³/mol. The Balaban J connectivity index is 1.77. The molecule has 0 aliphatic rings. The highest BCUT2D eigenvalue weighted by Crippen LogP contribution is 2.21. The van der Waals surface area contributed by atoms with E-state index in [1.165, 1.54) is 30.1 Å². The first-order chi connectivity index (χ1) is 11.1. The van der Waals surface area contributed by atoms with Crippen molar-refractivity contribution < 1.29 is 9.18 Å². The third kappa shape index (κ3) is 5.86. The summed E-state index contributed by atoms with van der Waals surface area (Å²) in [7, 11) is 0. The van der Waals surface area contributed by atoms with Crippen LogP contribution >= 0.6 is 35.0 Å². The van der Waals surface area contributed by atoms with Crippen LogP contribution < -0.4 is 5.43 Å². The first kappa shape index (κ1) is 17.8. The topological polar surface area (TPSA) is 41.5 Å². The van der Waals surface area contributed by atoms with E-state index < -0.39 is 5.82 Å². The van der Waals surface area contributed by atoms with Crippen molar-refractivity contribution in [1.29, 1.82) is 0 Å². The number of hydrogen-bond acceptors (Lipinski definition) is 3. The molecule has 7 heteroatoms. The smallest absolute Gasteiger partial charge is 0.240 e. The Morgan fingerprint density at radius 2 is 1.96 bits per heavy atom. The third-order valence-corrected chi connectivity index (χ3v) is 4.39. The number of thioether (sulfide) groups is 1. The average molecular weight is 371 g/mol. The molecule has 0 fully saturated rings. The van der Waals surface area contributed by atoms with E-state index in [4.69, 9.17) is 23.2 Å². The molecule has 0 saturated heterocycles. The molecule has 2 rings (SSSR count). The molecule has 0 aliphatic heterocycles. The number of rotatable bonds is 6. The Morgan fingerprint density at radius 3 is 2.65 bits per heavy atom. The monoisotopic (exact) mass is 370 g/mol. The Labute approximate surface area is 147 Å². The van der Waals surface area contributed by atoms with Gasteiger partial charge in [-0.25, -0.2) is 9.82 Å². The highest BCUT2D eigenvalue weighted by Gasteiger charge is 2.04. The maximum atomic E-state index is 13.5. The molecule has 3 nitrogen and oxygen atoms in total. The molecule has 2 aromatic carbocycles. The van der Waals surface area contributed by atoms with E-state index >= 15 is 0 Å². The number of carbonyl (C=O) groups is 1. The van der Waals surface area contributed by atoms with Crippen molar-refractivity contribution in [2.75, 3.05) is 5.75 Å². The summed E-state index contributed by atoms with van der Waals surface area (Å²) in [4.78, 5) is 12.7. The average Bonchev–Trinajstić information content (AvgIpc) is 2.52. The molecule has 0 unspecified atom stereocenters. The Kier molecular flexibility index (Phi) is 6.89. The van der Waals surface area contributed by atoms with Crippen LogP contribution in [0.1, 0.15) is 12.0 Å². The molecule has 1 amide bonds. The van der Waals surface area contributed by atoms with Crippen LogP contribution in [0.4, 0.5) is 4.39 Å². The van der Waals surface area contributed by atoms with Crippen molar-refractivity contribution in [3.05, 3.63) is 63.9 Å². The molecule has 0 spiro atoms. The molecule has 0 aromatic heterocycles. The van der Waals surface area contributed by atoms with E-state index in [1.54, 1.807) is 18.2 Å². The van der Waals surface area contributed by atoms with Crippen LogP contribution in [0.2, 0.25) is 10.0 Å². The maximum Gasteiger partial charge on any atom is 0.240 e. The number of carbonyl (C=O) groups excluding carboxylic acids is 1. The molecule has 1 N–H and O–H groups in total. The Morgan fingerprint density at radius 1 is 1.22 bits per heavy atom. The molecule has 0 saturated carbocycles. The van der Waals surface area contributed by atoms with Gasteiger partial charge in [-0.1, -0.05) is 29.3 Å². The van der Waals surface area contributed by atoms with Crippen LogP contribution in [0.25, 0.3) is 0 Å². The number of nitrogens with one attached hydrogen (secondary N) is 1. The molecule has 0 heterocycles. The lowest BCUT2D eigenvalue weighted by Gasteiger charge is -2.02. The highest BCUT2D eigenvalue weighted by molar-refractivity contribution is 7.99. The van der Waals surface area contributed by atoms with Crippen molar-refractivity contribution in [2.24, 2.45) is 5.10 Å². The van der Waals surface area contributed by atoms with Crippen molar-refractivity contribution in [3.8, 4) is 0 Å². The number of hydrazone groups is 1. The van der Waals surface area contributed by atoms with Gasteiger partial charge in [0.1, 0.15) is 5.82 Å². The van der Waals surface area contributed by atoms with Gasteiger partial charge in [-0.3, -0.25) is 4.79 Å². The first-order valence-electron chi connectivity index (χ1n) is 6.70. The van der Waals surface area contributed by atoms with E-state index in [0.29, 0.717) is 10.8 Å². The summed E-state index contributed by atoms with van der Waals surface area (Å²) in [6, 6.07) is 11.7. The van der Waals surface area contributed by atoms with Crippen LogP contribution in [0.5, 0.6) is 0 Å². The molecule has 0 atom stereocenters. The van der Waals surface area contributed by atoms with Gasteiger partial charge in [0, 0.05) is 27.7 Å². The second-order valence-corrected chi connectivity index (χ2v) is 6.49. The standard InChI is InChI=1S/C16H13Cl2FN2OS/c17-11-4-6-12(7-5-11)23-9-8-16(22)21-20-10-13-14(18)2-1-3-15(13)19/h1-7,10H,8-9H2,(H,21,22)/b20-10+. The molecule has 120 valence electrons. The Bertz CT molecular complexity index is 687. The van der Waals surface area contributed by atoms with Gasteiger partial charge in [-0.2, -0.15) is 5.10 Å². The van der Waals surface area contributed by atoms with E-state index in [-0.39, 0.29) is 22.9 Å². The van der Waals surface area contributed by atoms with Crippen LogP contribution in [0, 0.1) is 5.82 Å². The fraction of sp³-hybridized carbons (Fsp3) is 0.125. The zero-order valence-electron chi connectivity index (χ0n) is 11.9. The van der Waals surface area contributed by atoms with Crippen molar-refractivity contribution in [3.63, 3.8) is 0 Å². The lowest BCUT2D eigenvalue weighted by atomic mass is 10.2. The summed E-state index contributed by atoms with van der Waals surface area (Å²) < 4.78 is 13.5. The van der Waals surface area contributed by atoms with E-state index in [1.807, 2.05) is 12.1 Å². The summed E-state index contributed by atoms with van der Waals surface area (Å²) in [5, 5.41) is 4.64. The summed E-state index contributed by atoms with van der Waals surface area (Å²) in [5.74, 6) is -0.146. The van der Waals surface area contributed by atoms with E-state index in [2.05, 4.69) is 10.5 Å². The summed E-state index contributed by atoms with van der Waals surface area (Å²) in [5.41, 5.74) is 2.50. The van der Waals surface area contributed by atoms with Crippen LogP contribution in [0.15, 0.2) is 52.5 Å². The van der Waals surface area contributed by atoms with E-state index in [0.717, 1.165) is 4.90 Å². The SMILES string of the molecule is O=C(CCSc1ccc(Cl)cc1)N/N=C/c1c(F)cccc1Cl. The first-order valence-corrected chi connectivity index (χ1v) is 8.44. The van der Waals surface area contributed by atoms with Gasteiger partial charge in [0.2, 0.25) is 5.91 Å². The fourth-order valence-electron chi connectivity index (χ4n) is 1.65. The zero-order chi connectivity index (χ0) is 16.7. The number of halogens is 3. The number of hydrogen-bond donors (Lipinski definition) is 1. The van der Waals surface area contributed by atoms with Gasteiger partial charge in [0.15, 0.2) is 0 Å². The van der Waals surface area contributed by atoms with Gasteiger partial charge < -0.3 is 0 Å². The van der Waals surface area contributed by atoms with Crippen molar-refractivity contribution in [2.45, 2.75) is 11.3 Å². The maximum absolute atomic E-state index is 13.5. The quantitative estimate of drug-likeness (QED) is 0.452. The molecule has 0 radical (unpaired) electrons. The van der Waals surface area contributed by atoms with Gasteiger partial charge in [-0.15, -0.1) is 11.8 Å². The zero-order valence-corrected chi connectivity index (χ0v) is 14.3. The van der Waals surface area contributed by atoms with Crippen LogP contribution in [0.3, 0.4) is 0 Å². The Hall–Kier alpha value is -1.56. The summed E-state index contributed by atoms with van der Waals surface area (Å²) in [6.45, 7) is 0. The minimum atomic E-state index is -0.492. The minimum Gasteiger partial charge on any atom is -0.273 e. The van der Waals surface area contributed by atoms with Crippen LogP contribution in [-0.2, 0) is 4.79 Å². The molecule has 23 heavy (non-hydrogen) atoms. The van der Waals surface area contributed by atoms with Crippen LogP contribution in [-0.4, -0.2) is 17.9 Å². The van der Waals surface area contributed by atoms with Crippen molar-refractivity contribution in [1.82, 2.24) is 5.43 Å². The summed E-state index contributed by atoms with van der Waals surface area (Å²) >= 11 is 13.2. The van der Waals surface area contributed by atoms with Gasteiger partial charge in [0.25, 0.3) is 0 Å². The van der Waals surface area contributed by atoms with Gasteiger partial charge in [0.05, 0.1) is 11.2 Å².